The summed E-state index contributed by atoms with van der Waals surface area (Å²) in [5, 5.41) is 4.42. The van der Waals surface area contributed by atoms with Gasteiger partial charge < -0.3 is 14.8 Å². The number of carbonyl (C=O) groups is 2. The molecular formula is C12H13F3N2O4. The fourth-order valence-electron chi connectivity index (χ4n) is 1.30. The topological polar surface area (TPSA) is 76.7 Å². The minimum Gasteiger partial charge on any atom is -0.453 e. The highest BCUT2D eigenvalue weighted by atomic mass is 19.4. The zero-order valence-electron chi connectivity index (χ0n) is 11.0. The van der Waals surface area contributed by atoms with Crippen LogP contribution < -0.4 is 10.6 Å². The van der Waals surface area contributed by atoms with Crippen molar-refractivity contribution < 1.29 is 32.2 Å². The first-order valence-electron chi connectivity index (χ1n) is 5.76. The van der Waals surface area contributed by atoms with E-state index in [-0.39, 0.29) is 18.8 Å². The quantitative estimate of drug-likeness (QED) is 0.838. The van der Waals surface area contributed by atoms with Crippen LogP contribution in [0, 0.1) is 0 Å². The third kappa shape index (κ3) is 6.02. The summed E-state index contributed by atoms with van der Waals surface area (Å²) in [7, 11) is 1.18. The average Bonchev–Trinajstić information content (AvgIpc) is 2.42. The van der Waals surface area contributed by atoms with Crippen molar-refractivity contribution >= 4 is 17.9 Å². The second-order valence-corrected chi connectivity index (χ2v) is 3.76. The summed E-state index contributed by atoms with van der Waals surface area (Å²) < 4.78 is 46.4. The predicted octanol–water partition coefficient (Wildman–Crippen LogP) is 2.61. The van der Waals surface area contributed by atoms with Gasteiger partial charge in [0.05, 0.1) is 19.2 Å². The molecule has 116 valence electrons. The van der Waals surface area contributed by atoms with Gasteiger partial charge in [-0.3, -0.25) is 5.32 Å². The van der Waals surface area contributed by atoms with Crippen LogP contribution >= 0.6 is 0 Å². The molecule has 0 aliphatic rings. The second-order valence-electron chi connectivity index (χ2n) is 3.76. The number of anilines is 1. The van der Waals surface area contributed by atoms with E-state index in [2.05, 4.69) is 20.1 Å². The fourth-order valence-corrected chi connectivity index (χ4v) is 1.30. The molecule has 0 bridgehead atoms. The van der Waals surface area contributed by atoms with Crippen LogP contribution in [0.1, 0.15) is 5.56 Å². The Labute approximate surface area is 118 Å². The molecule has 0 fully saturated rings. The number of rotatable bonds is 4. The minimum absolute atomic E-state index is 0.0166. The Hall–Kier alpha value is -2.45. The Bertz CT molecular complexity index is 506. The van der Waals surface area contributed by atoms with Gasteiger partial charge in [-0.05, 0) is 18.2 Å². The van der Waals surface area contributed by atoms with Gasteiger partial charge >= 0.3 is 18.4 Å². The molecule has 1 aromatic carbocycles. The molecule has 0 saturated heterocycles. The number of alkyl halides is 3. The maximum atomic E-state index is 12.5. The molecule has 0 heterocycles. The number of alkyl carbamates (subject to hydrolysis) is 1. The molecule has 0 atom stereocenters. The first-order chi connectivity index (χ1) is 9.82. The average molecular weight is 306 g/mol. The maximum Gasteiger partial charge on any atom is 0.416 e. The fraction of sp³-hybridized carbons (Fsp3) is 0.333. The number of methoxy groups -OCH3 is 1. The van der Waals surface area contributed by atoms with E-state index in [4.69, 9.17) is 0 Å². The molecule has 0 aliphatic heterocycles. The number of carbonyl (C=O) groups excluding carboxylic acids is 2. The monoisotopic (exact) mass is 306 g/mol. The molecule has 0 saturated carbocycles. The van der Waals surface area contributed by atoms with E-state index in [1.165, 1.54) is 13.2 Å². The van der Waals surface area contributed by atoms with Gasteiger partial charge in [-0.15, -0.1) is 0 Å². The van der Waals surface area contributed by atoms with E-state index in [0.717, 1.165) is 18.2 Å². The molecule has 0 unspecified atom stereocenters. The lowest BCUT2D eigenvalue weighted by molar-refractivity contribution is -0.137. The van der Waals surface area contributed by atoms with Crippen molar-refractivity contribution in [3.63, 3.8) is 0 Å². The zero-order chi connectivity index (χ0) is 15.9. The van der Waals surface area contributed by atoms with Crippen molar-refractivity contribution in [3.05, 3.63) is 29.8 Å². The van der Waals surface area contributed by atoms with Crippen LogP contribution in [0.15, 0.2) is 24.3 Å². The SMILES string of the molecule is COC(=O)NCCOC(=O)Nc1cccc(C(F)(F)F)c1. The number of hydrogen-bond acceptors (Lipinski definition) is 4. The van der Waals surface area contributed by atoms with E-state index in [1.54, 1.807) is 0 Å². The van der Waals surface area contributed by atoms with Crippen molar-refractivity contribution in [2.24, 2.45) is 0 Å². The molecule has 2 N–H and O–H groups in total. The van der Waals surface area contributed by atoms with Crippen molar-refractivity contribution in [2.75, 3.05) is 25.6 Å². The van der Waals surface area contributed by atoms with Crippen LogP contribution in [0.4, 0.5) is 28.4 Å². The number of benzene rings is 1. The highest BCUT2D eigenvalue weighted by molar-refractivity contribution is 5.84. The van der Waals surface area contributed by atoms with Gasteiger partial charge in [0.1, 0.15) is 6.61 Å². The van der Waals surface area contributed by atoms with Gasteiger partial charge in [-0.1, -0.05) is 6.07 Å². The molecule has 9 heteroatoms. The summed E-state index contributed by atoms with van der Waals surface area (Å²) in [5.74, 6) is 0. The molecule has 1 aromatic rings. The second kappa shape index (κ2) is 7.36. The normalized spacial score (nSPS) is 10.7. The van der Waals surface area contributed by atoms with Crippen molar-refractivity contribution in [3.8, 4) is 0 Å². The van der Waals surface area contributed by atoms with Crippen LogP contribution in [0.3, 0.4) is 0 Å². The summed E-state index contributed by atoms with van der Waals surface area (Å²) in [6.07, 6.45) is -6.11. The summed E-state index contributed by atoms with van der Waals surface area (Å²) in [4.78, 5) is 22.0. The molecule has 0 aliphatic carbocycles. The van der Waals surface area contributed by atoms with Crippen LogP contribution in [-0.2, 0) is 15.7 Å². The lowest BCUT2D eigenvalue weighted by Crippen LogP contribution is -2.28. The first-order valence-corrected chi connectivity index (χ1v) is 5.76. The van der Waals surface area contributed by atoms with Gasteiger partial charge in [0.15, 0.2) is 0 Å². The Balaban J connectivity index is 2.43. The lowest BCUT2D eigenvalue weighted by atomic mass is 10.2. The molecule has 21 heavy (non-hydrogen) atoms. The van der Waals surface area contributed by atoms with Crippen LogP contribution in [0.2, 0.25) is 0 Å². The molecule has 6 nitrogen and oxygen atoms in total. The van der Waals surface area contributed by atoms with Crippen molar-refractivity contribution in [1.82, 2.24) is 5.32 Å². The Morgan fingerprint density at radius 2 is 1.95 bits per heavy atom. The third-order valence-electron chi connectivity index (χ3n) is 2.23. The molecule has 2 amide bonds. The van der Waals surface area contributed by atoms with E-state index < -0.39 is 23.9 Å². The summed E-state index contributed by atoms with van der Waals surface area (Å²) >= 11 is 0. The van der Waals surface area contributed by atoms with Crippen molar-refractivity contribution in [2.45, 2.75) is 6.18 Å². The predicted molar refractivity (Wildman–Crippen MR) is 66.8 cm³/mol. The van der Waals surface area contributed by atoms with Gasteiger partial charge in [0, 0.05) is 5.69 Å². The number of hydrogen-bond donors (Lipinski definition) is 2. The van der Waals surface area contributed by atoms with Crippen LogP contribution in [-0.4, -0.2) is 32.4 Å². The molecule has 0 radical (unpaired) electrons. The summed E-state index contributed by atoms with van der Waals surface area (Å²) in [5.41, 5.74) is -0.927. The number of halogens is 3. The zero-order valence-corrected chi connectivity index (χ0v) is 11.0. The number of ether oxygens (including phenoxy) is 2. The van der Waals surface area contributed by atoms with E-state index in [9.17, 15) is 22.8 Å². The number of amides is 2. The van der Waals surface area contributed by atoms with Crippen LogP contribution in [0.5, 0.6) is 0 Å². The smallest absolute Gasteiger partial charge is 0.416 e. The summed E-state index contributed by atoms with van der Waals surface area (Å²) in [6.45, 7) is -0.136. The Morgan fingerprint density at radius 1 is 1.24 bits per heavy atom. The van der Waals surface area contributed by atoms with Gasteiger partial charge in [0.2, 0.25) is 0 Å². The lowest BCUT2D eigenvalue weighted by Gasteiger charge is -2.10. The van der Waals surface area contributed by atoms with Gasteiger partial charge in [-0.25, -0.2) is 9.59 Å². The highest BCUT2D eigenvalue weighted by Gasteiger charge is 2.30. The van der Waals surface area contributed by atoms with E-state index in [0.29, 0.717) is 0 Å². The largest absolute Gasteiger partial charge is 0.453 e. The number of nitrogens with one attached hydrogen (secondary N) is 2. The first kappa shape index (κ1) is 16.6. The van der Waals surface area contributed by atoms with E-state index in [1.807, 2.05) is 0 Å². The van der Waals surface area contributed by atoms with Crippen LogP contribution in [0.25, 0.3) is 0 Å². The van der Waals surface area contributed by atoms with Crippen molar-refractivity contribution in [1.29, 1.82) is 0 Å². The standard InChI is InChI=1S/C12H13F3N2O4/c1-20-10(18)16-5-6-21-11(19)17-9-4-2-3-8(7-9)12(13,14)15/h2-4,7H,5-6H2,1H3,(H,16,18)(H,17,19). The molecular weight excluding hydrogens is 293 g/mol. The molecule has 0 aromatic heterocycles. The molecule has 0 spiro atoms. The molecule has 1 rings (SSSR count). The van der Waals surface area contributed by atoms with E-state index >= 15 is 0 Å². The maximum absolute atomic E-state index is 12.5. The minimum atomic E-state index is -4.49. The summed E-state index contributed by atoms with van der Waals surface area (Å²) in [6, 6.07) is 4.13. The Kier molecular flexibility index (Phi) is 5.82. The third-order valence-corrected chi connectivity index (χ3v) is 2.23. The van der Waals surface area contributed by atoms with Gasteiger partial charge in [0.25, 0.3) is 0 Å². The van der Waals surface area contributed by atoms with Gasteiger partial charge in [-0.2, -0.15) is 13.2 Å². The highest BCUT2D eigenvalue weighted by Crippen LogP contribution is 2.30. The Morgan fingerprint density at radius 3 is 2.57 bits per heavy atom.